The molecule has 0 aromatic heterocycles. The molecule has 2 aliphatic heterocycles. The molecule has 174 valence electrons. The number of benzene rings is 1. The molecule has 32 heavy (non-hydrogen) atoms. The van der Waals surface area contributed by atoms with E-state index in [1.54, 1.807) is 0 Å². The molecule has 7 heteroatoms. The predicted octanol–water partition coefficient (Wildman–Crippen LogP) is 5.94. The van der Waals surface area contributed by atoms with Crippen LogP contribution in [-0.4, -0.2) is 45.8 Å². The van der Waals surface area contributed by atoms with Crippen molar-refractivity contribution >= 4 is 51.9 Å². The Kier molecular flexibility index (Phi) is 9.60. The van der Waals surface area contributed by atoms with Gasteiger partial charge in [-0.1, -0.05) is 75.1 Å². The van der Waals surface area contributed by atoms with Crippen LogP contribution in [-0.2, 0) is 9.59 Å². The molecule has 0 unspecified atom stereocenters. The molecule has 1 aromatic carbocycles. The van der Waals surface area contributed by atoms with Crippen molar-refractivity contribution < 1.29 is 14.7 Å². The first-order chi connectivity index (χ1) is 15.5. The highest BCUT2D eigenvalue weighted by Gasteiger charge is 2.31. The first-order valence-corrected chi connectivity index (χ1v) is 13.0. The van der Waals surface area contributed by atoms with Crippen molar-refractivity contribution in [3.05, 3.63) is 34.7 Å². The van der Waals surface area contributed by atoms with Crippen LogP contribution in [0.2, 0.25) is 0 Å². The van der Waals surface area contributed by atoms with Crippen molar-refractivity contribution in [2.24, 2.45) is 5.92 Å². The normalized spacial score (nSPS) is 18.7. The van der Waals surface area contributed by atoms with E-state index in [-0.39, 0.29) is 12.3 Å². The smallest absolute Gasteiger partial charge is 0.303 e. The number of aliphatic carboxylic acids is 1. The Hall–Kier alpha value is -1.86. The molecule has 0 atom stereocenters. The fourth-order valence-corrected chi connectivity index (χ4v) is 5.66. The third-order valence-corrected chi connectivity index (χ3v) is 7.66. The monoisotopic (exact) mass is 474 g/mol. The Labute approximate surface area is 201 Å². The lowest BCUT2D eigenvalue weighted by molar-refractivity contribution is -0.137. The number of rotatable bonds is 11. The number of carboxylic acid groups (broad SMARTS) is 1. The second-order valence-electron chi connectivity index (χ2n) is 8.70. The lowest BCUT2D eigenvalue weighted by atomic mass is 9.91. The first-order valence-electron chi connectivity index (χ1n) is 11.8. The zero-order valence-corrected chi connectivity index (χ0v) is 20.6. The number of anilines is 1. The summed E-state index contributed by atoms with van der Waals surface area (Å²) in [6, 6.07) is 8.40. The number of thiocarbonyl (C=S) groups is 1. The van der Waals surface area contributed by atoms with Gasteiger partial charge in [0.2, 0.25) is 0 Å². The van der Waals surface area contributed by atoms with Gasteiger partial charge >= 0.3 is 5.97 Å². The number of hydrogen-bond acceptors (Lipinski definition) is 5. The molecular formula is C25H34N2O3S2. The van der Waals surface area contributed by atoms with Gasteiger partial charge in [0.25, 0.3) is 5.91 Å². The Morgan fingerprint density at radius 2 is 1.88 bits per heavy atom. The molecular weight excluding hydrogens is 440 g/mol. The molecule has 1 amide bonds. The summed E-state index contributed by atoms with van der Waals surface area (Å²) in [7, 11) is 0. The number of carbonyl (C=O) groups is 2. The molecule has 0 spiro atoms. The minimum atomic E-state index is -0.859. The van der Waals surface area contributed by atoms with Gasteiger partial charge < -0.3 is 10.0 Å². The highest BCUT2D eigenvalue weighted by molar-refractivity contribution is 8.26. The van der Waals surface area contributed by atoms with E-state index in [1.807, 2.05) is 6.08 Å². The van der Waals surface area contributed by atoms with E-state index < -0.39 is 5.97 Å². The number of carbonyl (C=O) groups excluding carboxylic acids is 1. The Morgan fingerprint density at radius 3 is 2.53 bits per heavy atom. The zero-order chi connectivity index (χ0) is 22.9. The molecule has 0 aliphatic carbocycles. The summed E-state index contributed by atoms with van der Waals surface area (Å²) in [4.78, 5) is 27.9. The van der Waals surface area contributed by atoms with Crippen molar-refractivity contribution in [3.63, 3.8) is 0 Å². The molecule has 0 saturated carbocycles. The maximum atomic E-state index is 12.6. The van der Waals surface area contributed by atoms with Crippen LogP contribution in [0, 0.1) is 5.92 Å². The molecule has 2 fully saturated rings. The summed E-state index contributed by atoms with van der Waals surface area (Å²) < 4.78 is 0.501. The Morgan fingerprint density at radius 1 is 1.16 bits per heavy atom. The van der Waals surface area contributed by atoms with E-state index in [4.69, 9.17) is 17.3 Å². The maximum absolute atomic E-state index is 12.6. The number of hydrogen-bond donors (Lipinski definition) is 1. The minimum absolute atomic E-state index is 0.0354. The summed E-state index contributed by atoms with van der Waals surface area (Å²) >= 11 is 6.61. The van der Waals surface area contributed by atoms with Crippen LogP contribution in [0.15, 0.2) is 29.2 Å². The summed E-state index contributed by atoms with van der Waals surface area (Å²) in [5, 5.41) is 8.79. The lowest BCUT2D eigenvalue weighted by Gasteiger charge is -2.33. The van der Waals surface area contributed by atoms with Gasteiger partial charge in [0.1, 0.15) is 4.32 Å². The molecule has 1 N–H and O–H groups in total. The molecule has 3 rings (SSSR count). The number of thioether (sulfide) groups is 1. The Bertz CT molecular complexity index is 830. The van der Waals surface area contributed by atoms with Crippen LogP contribution in [0.5, 0.6) is 0 Å². The molecule has 2 aliphatic rings. The molecule has 2 heterocycles. The highest BCUT2D eigenvalue weighted by atomic mass is 32.2. The van der Waals surface area contributed by atoms with Crippen LogP contribution < -0.4 is 4.90 Å². The van der Waals surface area contributed by atoms with Gasteiger partial charge in [0.05, 0.1) is 4.91 Å². The van der Waals surface area contributed by atoms with Gasteiger partial charge in [-0.3, -0.25) is 14.5 Å². The molecule has 1 aromatic rings. The summed E-state index contributed by atoms with van der Waals surface area (Å²) in [5.74, 6) is -0.113. The standard InChI is InChI=1S/C25H34N2O3S2/c1-2-3-4-5-7-19-13-16-26(17-14-19)21-11-9-20(10-12-21)18-22-24(30)27(25(31)32-22)15-6-8-23(28)29/h9-12,18-19H,2-8,13-17H2,1H3,(H,28,29). The van der Waals surface area contributed by atoms with Crippen LogP contribution in [0.1, 0.15) is 70.3 Å². The van der Waals surface area contributed by atoms with E-state index in [0.717, 1.165) is 24.6 Å². The van der Waals surface area contributed by atoms with Gasteiger partial charge in [0.15, 0.2) is 0 Å². The fraction of sp³-hybridized carbons (Fsp3) is 0.560. The average Bonchev–Trinajstić information content (AvgIpc) is 3.05. The first kappa shape index (κ1) is 24.8. The topological polar surface area (TPSA) is 60.9 Å². The van der Waals surface area contributed by atoms with Gasteiger partial charge in [-0.05, 0) is 49.0 Å². The van der Waals surface area contributed by atoms with Crippen molar-refractivity contribution in [2.45, 2.75) is 64.7 Å². The minimum Gasteiger partial charge on any atom is -0.481 e. The van der Waals surface area contributed by atoms with E-state index in [0.29, 0.717) is 22.2 Å². The van der Waals surface area contributed by atoms with Gasteiger partial charge in [-0.15, -0.1) is 0 Å². The van der Waals surface area contributed by atoms with Crippen molar-refractivity contribution in [1.29, 1.82) is 0 Å². The lowest BCUT2D eigenvalue weighted by Crippen LogP contribution is -2.33. The molecule has 5 nitrogen and oxygen atoms in total. The third kappa shape index (κ3) is 7.07. The molecule has 0 radical (unpaired) electrons. The largest absolute Gasteiger partial charge is 0.481 e. The second-order valence-corrected chi connectivity index (χ2v) is 10.4. The number of unbranched alkanes of at least 4 members (excludes halogenated alkanes) is 3. The average molecular weight is 475 g/mol. The third-order valence-electron chi connectivity index (χ3n) is 6.28. The Balaban J connectivity index is 1.50. The van der Waals surface area contributed by atoms with E-state index in [2.05, 4.69) is 36.1 Å². The number of carboxylic acids is 1. The zero-order valence-electron chi connectivity index (χ0n) is 18.9. The highest BCUT2D eigenvalue weighted by Crippen LogP contribution is 2.33. The van der Waals surface area contributed by atoms with Crippen LogP contribution >= 0.6 is 24.0 Å². The summed E-state index contributed by atoms with van der Waals surface area (Å²) in [6.45, 7) is 4.85. The number of amides is 1. The van der Waals surface area contributed by atoms with E-state index in [9.17, 15) is 9.59 Å². The quantitative estimate of drug-likeness (QED) is 0.243. The van der Waals surface area contributed by atoms with Crippen molar-refractivity contribution in [3.8, 4) is 0 Å². The van der Waals surface area contributed by atoms with Gasteiger partial charge in [-0.2, -0.15) is 0 Å². The van der Waals surface area contributed by atoms with Gasteiger partial charge in [0, 0.05) is 31.7 Å². The SMILES string of the molecule is CCCCCCC1CCN(c2ccc(C=C3SC(=S)N(CCCC(=O)O)C3=O)cc2)CC1. The summed E-state index contributed by atoms with van der Waals surface area (Å²) in [6.07, 6.45) is 11.7. The van der Waals surface area contributed by atoms with E-state index >= 15 is 0 Å². The van der Waals surface area contributed by atoms with Gasteiger partial charge in [-0.25, -0.2) is 0 Å². The summed E-state index contributed by atoms with van der Waals surface area (Å²) in [5.41, 5.74) is 2.22. The van der Waals surface area contributed by atoms with Crippen molar-refractivity contribution in [2.75, 3.05) is 24.5 Å². The maximum Gasteiger partial charge on any atom is 0.303 e. The van der Waals surface area contributed by atoms with Crippen LogP contribution in [0.4, 0.5) is 5.69 Å². The fourth-order valence-electron chi connectivity index (χ4n) is 4.35. The van der Waals surface area contributed by atoms with Crippen LogP contribution in [0.25, 0.3) is 6.08 Å². The number of piperidine rings is 1. The van der Waals surface area contributed by atoms with E-state index in [1.165, 1.54) is 67.3 Å². The van der Waals surface area contributed by atoms with Crippen LogP contribution in [0.3, 0.4) is 0 Å². The molecule has 0 bridgehead atoms. The second kappa shape index (κ2) is 12.4. The predicted molar refractivity (Wildman–Crippen MR) is 137 cm³/mol. The molecule has 2 saturated heterocycles. The number of nitrogens with zero attached hydrogens (tertiary/aromatic N) is 2. The van der Waals surface area contributed by atoms with Crippen molar-refractivity contribution in [1.82, 2.24) is 4.90 Å².